The Morgan fingerprint density at radius 3 is 2.50 bits per heavy atom. The van der Waals surface area contributed by atoms with E-state index in [0.29, 0.717) is 5.41 Å². The Bertz CT molecular complexity index is 275. The van der Waals surface area contributed by atoms with Crippen LogP contribution in [0.2, 0.25) is 0 Å². The zero-order chi connectivity index (χ0) is 8.77. The number of H-pyrrole nitrogens is 1. The lowest BCUT2D eigenvalue weighted by Crippen LogP contribution is -2.20. The summed E-state index contributed by atoms with van der Waals surface area (Å²) in [5.41, 5.74) is 10.3. The molecule has 1 fully saturated rings. The second kappa shape index (κ2) is 2.36. The number of nitrogens with one attached hydrogen (secondary N) is 1. The minimum atomic E-state index is 0.341. The van der Waals surface area contributed by atoms with Crippen molar-refractivity contribution in [3.8, 4) is 0 Å². The molecule has 0 spiro atoms. The molecule has 1 saturated carbocycles. The Labute approximate surface area is 73.2 Å². The molecule has 0 bridgehead atoms. The molecule has 66 valence electrons. The Morgan fingerprint density at radius 2 is 2.17 bits per heavy atom. The van der Waals surface area contributed by atoms with Gasteiger partial charge in [-0.15, -0.1) is 0 Å². The standard InChI is InChI=1S/C10H16N2/c1-7-5-12-8(2)9(7)10(6-11)3-4-10/h5,12H,3-4,6,11H2,1-2H3. The fraction of sp³-hybridized carbons (Fsp3) is 0.600. The largest absolute Gasteiger partial charge is 0.365 e. The molecule has 0 saturated heterocycles. The highest BCUT2D eigenvalue weighted by atomic mass is 14.7. The number of aromatic nitrogens is 1. The fourth-order valence-corrected chi connectivity index (χ4v) is 2.18. The van der Waals surface area contributed by atoms with Crippen molar-refractivity contribution in [2.24, 2.45) is 5.73 Å². The summed E-state index contributed by atoms with van der Waals surface area (Å²) in [6, 6.07) is 0. The van der Waals surface area contributed by atoms with Gasteiger partial charge in [0.25, 0.3) is 0 Å². The molecule has 1 aromatic rings. The quantitative estimate of drug-likeness (QED) is 0.685. The number of nitrogens with two attached hydrogens (primary N) is 1. The third-order valence-corrected chi connectivity index (χ3v) is 3.05. The van der Waals surface area contributed by atoms with E-state index < -0.39 is 0 Å². The molecule has 12 heavy (non-hydrogen) atoms. The summed E-state index contributed by atoms with van der Waals surface area (Å²) in [5, 5.41) is 0. The maximum Gasteiger partial charge on any atom is 0.0157 e. The molecule has 0 radical (unpaired) electrons. The van der Waals surface area contributed by atoms with Gasteiger partial charge < -0.3 is 10.7 Å². The van der Waals surface area contributed by atoms with Gasteiger partial charge >= 0.3 is 0 Å². The Balaban J connectivity index is 2.45. The van der Waals surface area contributed by atoms with Crippen LogP contribution < -0.4 is 5.73 Å². The van der Waals surface area contributed by atoms with Crippen molar-refractivity contribution in [1.82, 2.24) is 4.98 Å². The maximum atomic E-state index is 5.78. The Kier molecular flexibility index (Phi) is 1.55. The van der Waals surface area contributed by atoms with Crippen LogP contribution in [0.5, 0.6) is 0 Å². The predicted molar refractivity (Wildman–Crippen MR) is 50.2 cm³/mol. The predicted octanol–water partition coefficient (Wildman–Crippen LogP) is 1.62. The van der Waals surface area contributed by atoms with Crippen molar-refractivity contribution in [3.63, 3.8) is 0 Å². The van der Waals surface area contributed by atoms with Crippen LogP contribution in [0.15, 0.2) is 6.20 Å². The molecule has 1 aliphatic carbocycles. The average molecular weight is 164 g/mol. The van der Waals surface area contributed by atoms with E-state index in [0.717, 1.165) is 6.54 Å². The van der Waals surface area contributed by atoms with Crippen LogP contribution in [0.3, 0.4) is 0 Å². The number of hydrogen-bond donors (Lipinski definition) is 2. The zero-order valence-electron chi connectivity index (χ0n) is 7.78. The summed E-state index contributed by atoms with van der Waals surface area (Å²) in [4.78, 5) is 3.26. The summed E-state index contributed by atoms with van der Waals surface area (Å²) < 4.78 is 0. The van der Waals surface area contributed by atoms with Crippen LogP contribution in [0.25, 0.3) is 0 Å². The minimum absolute atomic E-state index is 0.341. The lowest BCUT2D eigenvalue weighted by Gasteiger charge is -2.13. The first-order chi connectivity index (χ1) is 5.69. The lowest BCUT2D eigenvalue weighted by atomic mass is 9.93. The monoisotopic (exact) mass is 164 g/mol. The van der Waals surface area contributed by atoms with Crippen LogP contribution in [-0.2, 0) is 5.41 Å². The van der Waals surface area contributed by atoms with Crippen molar-refractivity contribution in [1.29, 1.82) is 0 Å². The number of aromatic amines is 1. The maximum absolute atomic E-state index is 5.78. The average Bonchev–Trinajstić information content (AvgIpc) is 2.77. The van der Waals surface area contributed by atoms with Gasteiger partial charge in [-0.05, 0) is 37.8 Å². The van der Waals surface area contributed by atoms with Gasteiger partial charge in [-0.2, -0.15) is 0 Å². The lowest BCUT2D eigenvalue weighted by molar-refractivity contribution is 0.695. The summed E-state index contributed by atoms with van der Waals surface area (Å²) in [7, 11) is 0. The van der Waals surface area contributed by atoms with Crippen LogP contribution >= 0.6 is 0 Å². The molecule has 0 aliphatic heterocycles. The van der Waals surface area contributed by atoms with Crippen molar-refractivity contribution in [2.45, 2.75) is 32.1 Å². The van der Waals surface area contributed by atoms with Crippen LogP contribution in [0.1, 0.15) is 29.7 Å². The normalized spacial score (nSPS) is 19.6. The van der Waals surface area contributed by atoms with Crippen molar-refractivity contribution in [3.05, 3.63) is 23.0 Å². The second-order valence-electron chi connectivity index (χ2n) is 3.96. The van der Waals surface area contributed by atoms with E-state index in [2.05, 4.69) is 25.0 Å². The highest BCUT2D eigenvalue weighted by molar-refractivity contribution is 5.41. The molecule has 2 nitrogen and oxygen atoms in total. The molecule has 2 heteroatoms. The molecule has 1 aliphatic rings. The molecule has 0 unspecified atom stereocenters. The van der Waals surface area contributed by atoms with Gasteiger partial charge in [0.1, 0.15) is 0 Å². The summed E-state index contributed by atoms with van der Waals surface area (Å²) >= 11 is 0. The third-order valence-electron chi connectivity index (χ3n) is 3.05. The van der Waals surface area contributed by atoms with E-state index >= 15 is 0 Å². The first-order valence-corrected chi connectivity index (χ1v) is 4.55. The molecule has 0 aromatic carbocycles. The molecular weight excluding hydrogens is 148 g/mol. The van der Waals surface area contributed by atoms with E-state index in [9.17, 15) is 0 Å². The SMILES string of the molecule is Cc1c[nH]c(C)c1C1(CN)CC1. The van der Waals surface area contributed by atoms with E-state index in [1.54, 1.807) is 0 Å². The molecule has 0 amide bonds. The van der Waals surface area contributed by atoms with E-state index in [-0.39, 0.29) is 0 Å². The van der Waals surface area contributed by atoms with Gasteiger partial charge in [0.05, 0.1) is 0 Å². The fourth-order valence-electron chi connectivity index (χ4n) is 2.18. The molecule has 3 N–H and O–H groups in total. The van der Waals surface area contributed by atoms with Gasteiger partial charge in [-0.1, -0.05) is 0 Å². The molecule has 1 aromatic heterocycles. The van der Waals surface area contributed by atoms with Crippen molar-refractivity contribution < 1.29 is 0 Å². The van der Waals surface area contributed by atoms with Crippen molar-refractivity contribution >= 4 is 0 Å². The van der Waals surface area contributed by atoms with E-state index in [1.165, 1.54) is 29.7 Å². The van der Waals surface area contributed by atoms with Gasteiger partial charge in [0.2, 0.25) is 0 Å². The Morgan fingerprint density at radius 1 is 1.50 bits per heavy atom. The van der Waals surface area contributed by atoms with Gasteiger partial charge in [0.15, 0.2) is 0 Å². The third kappa shape index (κ3) is 0.911. The zero-order valence-corrected chi connectivity index (χ0v) is 7.78. The van der Waals surface area contributed by atoms with Crippen LogP contribution in [-0.4, -0.2) is 11.5 Å². The smallest absolute Gasteiger partial charge is 0.0157 e. The summed E-state index contributed by atoms with van der Waals surface area (Å²) in [5.74, 6) is 0. The molecule has 1 heterocycles. The van der Waals surface area contributed by atoms with Crippen molar-refractivity contribution in [2.75, 3.05) is 6.54 Å². The van der Waals surface area contributed by atoms with Gasteiger partial charge in [-0.3, -0.25) is 0 Å². The first-order valence-electron chi connectivity index (χ1n) is 4.55. The number of aryl methyl sites for hydroxylation is 2. The molecular formula is C10H16N2. The van der Waals surface area contributed by atoms with Gasteiger partial charge in [-0.25, -0.2) is 0 Å². The summed E-state index contributed by atoms with van der Waals surface area (Å²) in [6.45, 7) is 5.10. The van der Waals surface area contributed by atoms with E-state index in [1.807, 2.05) is 0 Å². The second-order valence-corrected chi connectivity index (χ2v) is 3.96. The molecule has 2 rings (SSSR count). The van der Waals surface area contributed by atoms with Gasteiger partial charge in [0, 0.05) is 23.9 Å². The topological polar surface area (TPSA) is 41.8 Å². The minimum Gasteiger partial charge on any atom is -0.365 e. The van der Waals surface area contributed by atoms with Crippen LogP contribution in [0.4, 0.5) is 0 Å². The van der Waals surface area contributed by atoms with E-state index in [4.69, 9.17) is 5.73 Å². The Hall–Kier alpha value is -0.760. The highest BCUT2D eigenvalue weighted by Gasteiger charge is 2.45. The summed E-state index contributed by atoms with van der Waals surface area (Å²) in [6.07, 6.45) is 4.62. The molecule has 0 atom stereocenters. The number of rotatable bonds is 2. The number of hydrogen-bond acceptors (Lipinski definition) is 1. The van der Waals surface area contributed by atoms with Crippen LogP contribution in [0, 0.1) is 13.8 Å². The first kappa shape index (κ1) is 7.87. The highest BCUT2D eigenvalue weighted by Crippen LogP contribution is 2.49.